The molecule has 5 heteroatoms. The first kappa shape index (κ1) is 16.0. The zero-order valence-electron chi connectivity index (χ0n) is 12.2. The predicted molar refractivity (Wildman–Crippen MR) is 73.7 cm³/mol. The van der Waals surface area contributed by atoms with Gasteiger partial charge in [0.1, 0.15) is 0 Å². The Balaban J connectivity index is 2.90. The predicted octanol–water partition coefficient (Wildman–Crippen LogP) is 1.61. The first-order chi connectivity index (χ1) is 8.73. The van der Waals surface area contributed by atoms with E-state index < -0.39 is 11.4 Å². The van der Waals surface area contributed by atoms with Gasteiger partial charge in [-0.25, -0.2) is 0 Å². The molecule has 0 heterocycles. The third-order valence-corrected chi connectivity index (χ3v) is 4.01. The highest BCUT2D eigenvalue weighted by atomic mass is 16.4. The second-order valence-corrected chi connectivity index (χ2v) is 6.46. The van der Waals surface area contributed by atoms with Crippen LogP contribution in [0.15, 0.2) is 0 Å². The fourth-order valence-corrected chi connectivity index (χ4v) is 2.79. The number of amides is 1. The maximum absolute atomic E-state index is 12.8. The first-order valence-electron chi connectivity index (χ1n) is 6.97. The molecule has 1 amide bonds. The average molecular weight is 270 g/mol. The van der Waals surface area contributed by atoms with Crippen LogP contribution in [0.25, 0.3) is 0 Å². The van der Waals surface area contributed by atoms with E-state index in [1.165, 1.54) is 0 Å². The van der Waals surface area contributed by atoms with Gasteiger partial charge >= 0.3 is 5.97 Å². The second-order valence-electron chi connectivity index (χ2n) is 6.46. The van der Waals surface area contributed by atoms with Crippen molar-refractivity contribution in [1.29, 1.82) is 0 Å². The van der Waals surface area contributed by atoms with Gasteiger partial charge in [-0.2, -0.15) is 0 Å². The lowest BCUT2D eigenvalue weighted by Gasteiger charge is -2.41. The number of carboxylic acids is 1. The SMILES string of the molecule is CC(C)(C)N(CCC(=O)O)C(=O)C1(CN)CCCC1. The standard InChI is InChI=1S/C14H26N2O3/c1-13(2,3)16(9-6-11(17)18)12(19)14(10-15)7-4-5-8-14/h4-10,15H2,1-3H3,(H,17,18). The molecule has 0 aromatic rings. The summed E-state index contributed by atoms with van der Waals surface area (Å²) in [6.07, 6.45) is 3.67. The first-order valence-corrected chi connectivity index (χ1v) is 6.97. The van der Waals surface area contributed by atoms with E-state index in [-0.39, 0.29) is 24.4 Å². The number of hydrogen-bond acceptors (Lipinski definition) is 3. The van der Waals surface area contributed by atoms with Crippen LogP contribution in [0, 0.1) is 5.41 Å². The summed E-state index contributed by atoms with van der Waals surface area (Å²) in [7, 11) is 0. The molecule has 1 rings (SSSR count). The van der Waals surface area contributed by atoms with Crippen LogP contribution in [0.1, 0.15) is 52.9 Å². The summed E-state index contributed by atoms with van der Waals surface area (Å²) < 4.78 is 0. The molecule has 5 nitrogen and oxygen atoms in total. The summed E-state index contributed by atoms with van der Waals surface area (Å²) in [6, 6.07) is 0. The molecule has 0 bridgehead atoms. The fraction of sp³-hybridized carbons (Fsp3) is 0.857. The van der Waals surface area contributed by atoms with Crippen LogP contribution >= 0.6 is 0 Å². The van der Waals surface area contributed by atoms with Crippen molar-refractivity contribution in [1.82, 2.24) is 4.90 Å². The smallest absolute Gasteiger partial charge is 0.305 e. The molecule has 1 fully saturated rings. The van der Waals surface area contributed by atoms with Gasteiger partial charge in [0.2, 0.25) is 5.91 Å². The highest BCUT2D eigenvalue weighted by Crippen LogP contribution is 2.40. The van der Waals surface area contributed by atoms with E-state index in [9.17, 15) is 9.59 Å². The summed E-state index contributed by atoms with van der Waals surface area (Å²) in [5.41, 5.74) is 5.00. The summed E-state index contributed by atoms with van der Waals surface area (Å²) >= 11 is 0. The Morgan fingerprint density at radius 2 is 1.79 bits per heavy atom. The number of carboxylic acid groups (broad SMARTS) is 1. The van der Waals surface area contributed by atoms with Crippen LogP contribution in [0.2, 0.25) is 0 Å². The van der Waals surface area contributed by atoms with Gasteiger partial charge in [-0.1, -0.05) is 12.8 Å². The van der Waals surface area contributed by atoms with Crippen molar-refractivity contribution in [3.8, 4) is 0 Å². The summed E-state index contributed by atoms with van der Waals surface area (Å²) in [6.45, 7) is 6.41. The van der Waals surface area contributed by atoms with E-state index in [1.807, 2.05) is 20.8 Å². The van der Waals surface area contributed by atoms with E-state index in [0.29, 0.717) is 6.54 Å². The molecular weight excluding hydrogens is 244 g/mol. The molecule has 0 unspecified atom stereocenters. The lowest BCUT2D eigenvalue weighted by molar-refractivity contribution is -0.148. The van der Waals surface area contributed by atoms with E-state index >= 15 is 0 Å². The Labute approximate surface area is 115 Å². The fourth-order valence-electron chi connectivity index (χ4n) is 2.79. The van der Waals surface area contributed by atoms with Crippen LogP contribution in [0.4, 0.5) is 0 Å². The number of carbonyl (C=O) groups excluding carboxylic acids is 1. The van der Waals surface area contributed by atoms with E-state index in [0.717, 1.165) is 25.7 Å². The number of carbonyl (C=O) groups is 2. The number of rotatable bonds is 5. The minimum atomic E-state index is -0.879. The molecule has 0 atom stereocenters. The van der Waals surface area contributed by atoms with Crippen molar-refractivity contribution in [3.63, 3.8) is 0 Å². The van der Waals surface area contributed by atoms with Crippen LogP contribution in [0.5, 0.6) is 0 Å². The zero-order chi connectivity index (χ0) is 14.7. The highest BCUT2D eigenvalue weighted by Gasteiger charge is 2.44. The van der Waals surface area contributed by atoms with Gasteiger partial charge in [0.15, 0.2) is 0 Å². The zero-order valence-corrected chi connectivity index (χ0v) is 12.2. The van der Waals surface area contributed by atoms with Crippen LogP contribution in [-0.4, -0.2) is 40.5 Å². The molecule has 3 N–H and O–H groups in total. The molecular formula is C14H26N2O3. The third-order valence-electron chi connectivity index (χ3n) is 4.01. The van der Waals surface area contributed by atoms with Crippen LogP contribution < -0.4 is 5.73 Å². The number of nitrogens with two attached hydrogens (primary N) is 1. The minimum absolute atomic E-state index is 0.0241. The monoisotopic (exact) mass is 270 g/mol. The molecule has 0 aromatic carbocycles. The number of nitrogens with zero attached hydrogens (tertiary/aromatic N) is 1. The van der Waals surface area contributed by atoms with E-state index in [2.05, 4.69) is 0 Å². The van der Waals surface area contributed by atoms with Crippen molar-refractivity contribution >= 4 is 11.9 Å². The van der Waals surface area contributed by atoms with Crippen molar-refractivity contribution in [2.24, 2.45) is 11.1 Å². The molecule has 1 aliphatic rings. The summed E-state index contributed by atoms with van der Waals surface area (Å²) in [5, 5.41) is 8.83. The van der Waals surface area contributed by atoms with Gasteiger partial charge in [-0.3, -0.25) is 9.59 Å². The quantitative estimate of drug-likeness (QED) is 0.795. The van der Waals surface area contributed by atoms with Crippen molar-refractivity contribution in [2.45, 2.75) is 58.4 Å². The second kappa shape index (κ2) is 5.90. The maximum Gasteiger partial charge on any atom is 0.305 e. The molecule has 0 aliphatic heterocycles. The topological polar surface area (TPSA) is 83.6 Å². The third kappa shape index (κ3) is 3.69. The van der Waals surface area contributed by atoms with Gasteiger partial charge in [-0.05, 0) is 33.6 Å². The molecule has 0 radical (unpaired) electrons. The lowest BCUT2D eigenvalue weighted by Crippen LogP contribution is -2.54. The Kier molecular flexibility index (Phi) is 4.96. The molecule has 0 spiro atoms. The molecule has 1 saturated carbocycles. The summed E-state index contributed by atoms with van der Waals surface area (Å²) in [4.78, 5) is 25.3. The number of hydrogen-bond donors (Lipinski definition) is 2. The Morgan fingerprint density at radius 3 is 2.16 bits per heavy atom. The number of aliphatic carboxylic acids is 1. The van der Waals surface area contributed by atoms with Gasteiger partial charge in [-0.15, -0.1) is 0 Å². The Morgan fingerprint density at radius 1 is 1.26 bits per heavy atom. The molecule has 0 aromatic heterocycles. The molecule has 19 heavy (non-hydrogen) atoms. The van der Waals surface area contributed by atoms with Gasteiger partial charge in [0, 0.05) is 18.6 Å². The normalized spacial score (nSPS) is 18.3. The van der Waals surface area contributed by atoms with E-state index in [4.69, 9.17) is 10.8 Å². The largest absolute Gasteiger partial charge is 0.481 e. The average Bonchev–Trinajstić information content (AvgIpc) is 2.76. The van der Waals surface area contributed by atoms with Gasteiger partial charge in [0.25, 0.3) is 0 Å². The Bertz CT molecular complexity index is 341. The van der Waals surface area contributed by atoms with Crippen LogP contribution in [-0.2, 0) is 9.59 Å². The van der Waals surface area contributed by atoms with Gasteiger partial charge in [0.05, 0.1) is 11.8 Å². The van der Waals surface area contributed by atoms with Gasteiger partial charge < -0.3 is 15.7 Å². The van der Waals surface area contributed by atoms with Crippen LogP contribution in [0.3, 0.4) is 0 Å². The lowest BCUT2D eigenvalue weighted by atomic mass is 9.83. The highest BCUT2D eigenvalue weighted by molar-refractivity contribution is 5.84. The van der Waals surface area contributed by atoms with Crippen molar-refractivity contribution in [3.05, 3.63) is 0 Å². The van der Waals surface area contributed by atoms with Crippen molar-refractivity contribution in [2.75, 3.05) is 13.1 Å². The molecule has 110 valence electrons. The molecule has 0 saturated heterocycles. The minimum Gasteiger partial charge on any atom is -0.481 e. The Hall–Kier alpha value is -1.10. The van der Waals surface area contributed by atoms with Crippen molar-refractivity contribution < 1.29 is 14.7 Å². The molecule has 1 aliphatic carbocycles. The van der Waals surface area contributed by atoms with E-state index in [1.54, 1.807) is 4.90 Å². The maximum atomic E-state index is 12.8. The summed E-state index contributed by atoms with van der Waals surface area (Å²) in [5.74, 6) is -0.850.